The third-order valence-electron chi connectivity index (χ3n) is 5.38. The number of amidine groups is 1. The van der Waals surface area contributed by atoms with Crippen molar-refractivity contribution in [3.05, 3.63) is 70.9 Å². The first-order chi connectivity index (χ1) is 13.7. The molecule has 0 atom stereocenters. The summed E-state index contributed by atoms with van der Waals surface area (Å²) in [4.78, 5) is 4.50. The SMILES string of the molecule is CC(C)(C)c1ccc(-c2cn(/N=C3\CCc4c(C(=N)N)cccc43)c(N)n2)cc1. The van der Waals surface area contributed by atoms with Gasteiger partial charge in [0.15, 0.2) is 0 Å². The topological polar surface area (TPSA) is 106 Å². The number of nitrogens with zero attached hydrogens (tertiary/aromatic N) is 3. The summed E-state index contributed by atoms with van der Waals surface area (Å²) in [7, 11) is 0. The minimum atomic E-state index is 0.0891. The molecule has 0 bridgehead atoms. The van der Waals surface area contributed by atoms with Gasteiger partial charge in [0.25, 0.3) is 0 Å². The van der Waals surface area contributed by atoms with E-state index in [2.05, 4.69) is 50.0 Å². The maximum Gasteiger partial charge on any atom is 0.221 e. The number of nitrogen functional groups attached to an aromatic ring is 2. The summed E-state index contributed by atoms with van der Waals surface area (Å²) in [6.07, 6.45) is 3.47. The molecule has 0 saturated carbocycles. The molecule has 3 aromatic rings. The first-order valence-electron chi connectivity index (χ1n) is 9.74. The number of anilines is 1. The van der Waals surface area contributed by atoms with Crippen molar-refractivity contribution in [1.29, 1.82) is 5.41 Å². The van der Waals surface area contributed by atoms with E-state index in [0.29, 0.717) is 5.95 Å². The van der Waals surface area contributed by atoms with Crippen LogP contribution in [0.2, 0.25) is 0 Å². The fourth-order valence-corrected chi connectivity index (χ4v) is 3.74. The maximum atomic E-state index is 7.78. The average molecular weight is 387 g/mol. The highest BCUT2D eigenvalue weighted by molar-refractivity contribution is 6.08. The van der Waals surface area contributed by atoms with Gasteiger partial charge >= 0.3 is 0 Å². The number of hydrogen-bond donors (Lipinski definition) is 3. The summed E-state index contributed by atoms with van der Waals surface area (Å²) in [5.74, 6) is 0.440. The number of fused-ring (bicyclic) bond motifs is 1. The van der Waals surface area contributed by atoms with Crippen LogP contribution in [0.1, 0.15) is 49.4 Å². The molecule has 29 heavy (non-hydrogen) atoms. The molecule has 148 valence electrons. The van der Waals surface area contributed by atoms with Crippen molar-refractivity contribution < 1.29 is 0 Å². The molecule has 0 spiro atoms. The molecule has 1 aliphatic rings. The standard InChI is InChI=1S/C23H26N6/c1-23(2,3)15-9-7-14(8-10-15)20-13-29(22(26)27-20)28-19-12-11-16-17(19)5-4-6-18(16)21(24)25/h4-10,13H,11-12H2,1-3H3,(H3,24,25)(H2,26,27)/b28-19+. The summed E-state index contributed by atoms with van der Waals surface area (Å²) in [5.41, 5.74) is 18.9. The molecule has 0 saturated heterocycles. The van der Waals surface area contributed by atoms with Gasteiger partial charge in [0.2, 0.25) is 5.95 Å². The van der Waals surface area contributed by atoms with Crippen LogP contribution in [-0.4, -0.2) is 21.2 Å². The van der Waals surface area contributed by atoms with Crippen molar-refractivity contribution in [1.82, 2.24) is 9.66 Å². The fraction of sp³-hybridized carbons (Fsp3) is 0.261. The Kier molecular flexibility index (Phi) is 4.49. The zero-order valence-electron chi connectivity index (χ0n) is 17.0. The van der Waals surface area contributed by atoms with E-state index >= 15 is 0 Å². The van der Waals surface area contributed by atoms with Gasteiger partial charge in [0.1, 0.15) is 5.84 Å². The van der Waals surface area contributed by atoms with Crippen LogP contribution in [0.3, 0.4) is 0 Å². The quantitative estimate of drug-likeness (QED) is 0.469. The Labute approximate surface area is 170 Å². The van der Waals surface area contributed by atoms with Gasteiger partial charge in [-0.2, -0.15) is 5.10 Å². The Morgan fingerprint density at radius 2 is 1.83 bits per heavy atom. The maximum absolute atomic E-state index is 7.78. The molecule has 5 N–H and O–H groups in total. The number of rotatable bonds is 3. The van der Waals surface area contributed by atoms with Gasteiger partial charge in [0, 0.05) is 16.7 Å². The van der Waals surface area contributed by atoms with Crippen molar-refractivity contribution in [3.8, 4) is 11.3 Å². The summed E-state index contributed by atoms with van der Waals surface area (Å²) >= 11 is 0. The molecule has 0 amide bonds. The summed E-state index contributed by atoms with van der Waals surface area (Å²) < 4.78 is 1.64. The summed E-state index contributed by atoms with van der Waals surface area (Å²) in [5, 5.41) is 12.5. The normalized spacial score (nSPS) is 14.9. The molecule has 0 unspecified atom stereocenters. The van der Waals surface area contributed by atoms with Crippen LogP contribution in [0.15, 0.2) is 53.8 Å². The third kappa shape index (κ3) is 3.53. The van der Waals surface area contributed by atoms with E-state index in [1.807, 2.05) is 24.4 Å². The van der Waals surface area contributed by atoms with Gasteiger partial charge in [-0.3, -0.25) is 5.41 Å². The lowest BCUT2D eigenvalue weighted by Gasteiger charge is -2.18. The number of aromatic nitrogens is 2. The lowest BCUT2D eigenvalue weighted by Crippen LogP contribution is -2.13. The van der Waals surface area contributed by atoms with Gasteiger partial charge in [-0.15, -0.1) is 0 Å². The second-order valence-corrected chi connectivity index (χ2v) is 8.45. The fourth-order valence-electron chi connectivity index (χ4n) is 3.74. The summed E-state index contributed by atoms with van der Waals surface area (Å²) in [6.45, 7) is 6.59. The molecular weight excluding hydrogens is 360 g/mol. The highest BCUT2D eigenvalue weighted by Gasteiger charge is 2.22. The predicted molar refractivity (Wildman–Crippen MR) is 118 cm³/mol. The van der Waals surface area contributed by atoms with Crippen LogP contribution < -0.4 is 11.5 Å². The van der Waals surface area contributed by atoms with Crippen LogP contribution in [0.5, 0.6) is 0 Å². The van der Waals surface area contributed by atoms with Crippen molar-refractivity contribution in [2.75, 3.05) is 5.73 Å². The predicted octanol–water partition coefficient (Wildman–Crippen LogP) is 3.91. The third-order valence-corrected chi connectivity index (χ3v) is 5.38. The number of benzene rings is 2. The Balaban J connectivity index is 1.67. The molecule has 6 nitrogen and oxygen atoms in total. The molecule has 4 rings (SSSR count). The van der Waals surface area contributed by atoms with Crippen molar-refractivity contribution >= 4 is 17.5 Å². The van der Waals surface area contributed by atoms with Crippen molar-refractivity contribution in [2.45, 2.75) is 39.0 Å². The Bertz CT molecular complexity index is 1110. The van der Waals surface area contributed by atoms with E-state index in [0.717, 1.165) is 46.5 Å². The molecule has 2 aromatic carbocycles. The lowest BCUT2D eigenvalue weighted by atomic mass is 9.86. The number of nitrogens with one attached hydrogen (secondary N) is 1. The number of hydrogen-bond acceptors (Lipinski definition) is 4. The number of nitrogens with two attached hydrogens (primary N) is 2. The largest absolute Gasteiger partial charge is 0.384 e. The van der Waals surface area contributed by atoms with Crippen LogP contribution >= 0.6 is 0 Å². The van der Waals surface area contributed by atoms with Gasteiger partial charge in [-0.25, -0.2) is 9.66 Å². The molecule has 1 heterocycles. The molecule has 0 aliphatic heterocycles. The molecule has 0 fully saturated rings. The van der Waals surface area contributed by atoms with E-state index < -0.39 is 0 Å². The first kappa shape index (κ1) is 18.9. The first-order valence-corrected chi connectivity index (χ1v) is 9.74. The minimum absolute atomic E-state index is 0.0891. The van der Waals surface area contributed by atoms with Crippen LogP contribution in [0, 0.1) is 5.41 Å². The molecule has 0 radical (unpaired) electrons. The monoisotopic (exact) mass is 386 g/mol. The van der Waals surface area contributed by atoms with Gasteiger partial charge < -0.3 is 11.5 Å². The Hall–Kier alpha value is -3.41. The van der Waals surface area contributed by atoms with Gasteiger partial charge in [0.05, 0.1) is 17.6 Å². The minimum Gasteiger partial charge on any atom is -0.384 e. The molecule has 1 aromatic heterocycles. The van der Waals surface area contributed by atoms with E-state index in [1.165, 1.54) is 5.56 Å². The zero-order chi connectivity index (χ0) is 20.8. The van der Waals surface area contributed by atoms with Crippen molar-refractivity contribution in [2.24, 2.45) is 10.8 Å². The van der Waals surface area contributed by atoms with Crippen LogP contribution in [-0.2, 0) is 11.8 Å². The number of imidazole rings is 1. The van der Waals surface area contributed by atoms with Crippen LogP contribution in [0.4, 0.5) is 5.95 Å². The highest BCUT2D eigenvalue weighted by Crippen LogP contribution is 2.28. The lowest BCUT2D eigenvalue weighted by molar-refractivity contribution is 0.590. The van der Waals surface area contributed by atoms with Crippen molar-refractivity contribution in [3.63, 3.8) is 0 Å². The van der Waals surface area contributed by atoms with Crippen LogP contribution in [0.25, 0.3) is 11.3 Å². The van der Waals surface area contributed by atoms with E-state index in [-0.39, 0.29) is 11.3 Å². The second-order valence-electron chi connectivity index (χ2n) is 8.45. The van der Waals surface area contributed by atoms with E-state index in [4.69, 9.17) is 22.0 Å². The average Bonchev–Trinajstić information content (AvgIpc) is 3.25. The summed E-state index contributed by atoms with van der Waals surface area (Å²) in [6, 6.07) is 14.2. The van der Waals surface area contributed by atoms with Gasteiger partial charge in [-0.1, -0.05) is 63.2 Å². The smallest absolute Gasteiger partial charge is 0.221 e. The molecule has 6 heteroatoms. The molecular formula is C23H26N6. The molecule has 1 aliphatic carbocycles. The van der Waals surface area contributed by atoms with E-state index in [1.54, 1.807) is 4.68 Å². The Morgan fingerprint density at radius 1 is 1.10 bits per heavy atom. The second kappa shape index (κ2) is 6.88. The van der Waals surface area contributed by atoms with Gasteiger partial charge in [-0.05, 0) is 29.4 Å². The highest BCUT2D eigenvalue weighted by atomic mass is 15.4. The van der Waals surface area contributed by atoms with E-state index in [9.17, 15) is 0 Å². The zero-order valence-corrected chi connectivity index (χ0v) is 17.0. The Morgan fingerprint density at radius 3 is 2.48 bits per heavy atom.